The number of nitrogens with one attached hydrogen (secondary N) is 1. The Morgan fingerprint density at radius 2 is 1.89 bits per heavy atom. The number of fused-ring (bicyclic) bond motifs is 5. The number of hydrogen-bond donors (Lipinski definition) is 1. The van der Waals surface area contributed by atoms with Crippen molar-refractivity contribution in [1.82, 2.24) is 5.32 Å². The van der Waals surface area contributed by atoms with Crippen molar-refractivity contribution in [2.45, 2.75) is 31.8 Å². The third-order valence-electron chi connectivity index (χ3n) is 5.46. The molecule has 0 aromatic heterocycles. The molecule has 3 aliphatic rings. The van der Waals surface area contributed by atoms with Crippen LogP contribution < -0.4 is 10.1 Å². The summed E-state index contributed by atoms with van der Waals surface area (Å²) in [6, 6.07) is 9.15. The molecule has 2 nitrogen and oxygen atoms in total. The Morgan fingerprint density at radius 1 is 1.17 bits per heavy atom. The number of para-hydroxylation sites is 1. The normalized spacial score (nSPS) is 39.7. The van der Waals surface area contributed by atoms with Gasteiger partial charge in [0, 0.05) is 18.2 Å². The van der Waals surface area contributed by atoms with Crippen molar-refractivity contribution in [2.24, 2.45) is 23.7 Å². The van der Waals surface area contributed by atoms with Gasteiger partial charge in [-0.3, -0.25) is 0 Å². The number of rotatable bonds is 4. The van der Waals surface area contributed by atoms with Crippen LogP contribution in [0.15, 0.2) is 24.3 Å². The Labute approximate surface area is 109 Å². The van der Waals surface area contributed by atoms with E-state index in [1.807, 2.05) is 6.07 Å². The standard InChI is InChI=1S/C16H21NO/c1-18-13-5-3-2-4-12(13)9-17-16-14-10-6-7-11(8-10)15(14)16/h2-5,10-11,14-17H,6-9H2,1H3. The lowest BCUT2D eigenvalue weighted by Gasteiger charge is -2.12. The van der Waals surface area contributed by atoms with Crippen LogP contribution in [0.1, 0.15) is 24.8 Å². The number of benzene rings is 1. The summed E-state index contributed by atoms with van der Waals surface area (Å²) < 4.78 is 5.41. The topological polar surface area (TPSA) is 21.3 Å². The lowest BCUT2D eigenvalue weighted by molar-refractivity contribution is 0.404. The highest BCUT2D eigenvalue weighted by atomic mass is 16.5. The van der Waals surface area contributed by atoms with Crippen molar-refractivity contribution < 1.29 is 4.74 Å². The fourth-order valence-electron chi connectivity index (χ4n) is 4.67. The first kappa shape index (κ1) is 10.9. The Morgan fingerprint density at radius 3 is 2.61 bits per heavy atom. The maximum absolute atomic E-state index is 5.41. The quantitative estimate of drug-likeness (QED) is 0.878. The molecule has 3 aliphatic carbocycles. The average Bonchev–Trinajstić information content (AvgIpc) is 2.80. The van der Waals surface area contributed by atoms with Crippen molar-refractivity contribution in [3.63, 3.8) is 0 Å². The highest BCUT2D eigenvalue weighted by molar-refractivity contribution is 5.33. The van der Waals surface area contributed by atoms with Gasteiger partial charge in [0.15, 0.2) is 0 Å². The summed E-state index contributed by atoms with van der Waals surface area (Å²) in [5.74, 6) is 5.14. The minimum Gasteiger partial charge on any atom is -0.496 e. The number of hydrogen-bond acceptors (Lipinski definition) is 2. The zero-order valence-corrected chi connectivity index (χ0v) is 10.9. The molecule has 0 amide bonds. The molecular weight excluding hydrogens is 222 g/mol. The van der Waals surface area contributed by atoms with E-state index in [-0.39, 0.29) is 0 Å². The van der Waals surface area contributed by atoms with Crippen LogP contribution in [0.4, 0.5) is 0 Å². The van der Waals surface area contributed by atoms with Crippen molar-refractivity contribution in [2.75, 3.05) is 7.11 Å². The van der Waals surface area contributed by atoms with Crippen molar-refractivity contribution in [3.8, 4) is 5.75 Å². The second-order valence-electron chi connectivity index (χ2n) is 6.21. The van der Waals surface area contributed by atoms with Crippen LogP contribution in [0.3, 0.4) is 0 Å². The number of ether oxygens (including phenoxy) is 1. The van der Waals surface area contributed by atoms with E-state index >= 15 is 0 Å². The molecule has 1 N–H and O–H groups in total. The maximum Gasteiger partial charge on any atom is 0.123 e. The van der Waals surface area contributed by atoms with Crippen LogP contribution >= 0.6 is 0 Å². The molecule has 96 valence electrons. The summed E-state index contributed by atoms with van der Waals surface area (Å²) in [6.45, 7) is 0.959. The molecule has 0 spiro atoms. The predicted octanol–water partition coefficient (Wildman–Crippen LogP) is 2.83. The van der Waals surface area contributed by atoms with Gasteiger partial charge in [0.05, 0.1) is 7.11 Å². The molecule has 0 aliphatic heterocycles. The van der Waals surface area contributed by atoms with E-state index in [9.17, 15) is 0 Å². The molecule has 3 saturated carbocycles. The van der Waals surface area contributed by atoms with Crippen LogP contribution in [0, 0.1) is 23.7 Å². The smallest absolute Gasteiger partial charge is 0.123 e. The summed E-state index contributed by atoms with van der Waals surface area (Å²) in [5.41, 5.74) is 1.29. The van der Waals surface area contributed by atoms with Crippen LogP contribution in [0.25, 0.3) is 0 Å². The van der Waals surface area contributed by atoms with E-state index in [2.05, 4.69) is 23.5 Å². The minimum atomic E-state index is 0.807. The van der Waals surface area contributed by atoms with E-state index in [0.717, 1.165) is 42.0 Å². The lowest BCUT2D eigenvalue weighted by Crippen LogP contribution is -2.22. The van der Waals surface area contributed by atoms with Gasteiger partial charge in [-0.05, 0) is 49.0 Å². The Bertz CT molecular complexity index is 442. The fraction of sp³-hybridized carbons (Fsp3) is 0.625. The molecule has 4 atom stereocenters. The van der Waals surface area contributed by atoms with Gasteiger partial charge in [-0.15, -0.1) is 0 Å². The zero-order chi connectivity index (χ0) is 12.1. The van der Waals surface area contributed by atoms with Gasteiger partial charge < -0.3 is 10.1 Å². The van der Waals surface area contributed by atoms with Crippen LogP contribution in [-0.4, -0.2) is 13.2 Å². The van der Waals surface area contributed by atoms with Crippen LogP contribution in [-0.2, 0) is 6.54 Å². The van der Waals surface area contributed by atoms with Gasteiger partial charge in [0.25, 0.3) is 0 Å². The molecule has 1 aromatic carbocycles. The first-order chi connectivity index (χ1) is 8.88. The molecular formula is C16H21NO. The third-order valence-corrected chi connectivity index (χ3v) is 5.46. The Hall–Kier alpha value is -1.02. The van der Waals surface area contributed by atoms with E-state index in [0.29, 0.717) is 0 Å². The largest absolute Gasteiger partial charge is 0.496 e. The molecule has 0 radical (unpaired) electrons. The van der Waals surface area contributed by atoms with E-state index < -0.39 is 0 Å². The molecule has 0 saturated heterocycles. The summed E-state index contributed by atoms with van der Waals surface area (Å²) in [6.07, 6.45) is 4.53. The first-order valence-electron chi connectivity index (χ1n) is 7.24. The molecule has 2 heteroatoms. The maximum atomic E-state index is 5.41. The van der Waals surface area contributed by atoms with Gasteiger partial charge >= 0.3 is 0 Å². The summed E-state index contributed by atoms with van der Waals surface area (Å²) in [7, 11) is 1.75. The predicted molar refractivity (Wildman–Crippen MR) is 71.4 cm³/mol. The minimum absolute atomic E-state index is 0.807. The molecule has 4 rings (SSSR count). The van der Waals surface area contributed by atoms with Gasteiger partial charge in [-0.25, -0.2) is 0 Å². The Balaban J connectivity index is 1.40. The van der Waals surface area contributed by atoms with E-state index in [1.54, 1.807) is 7.11 Å². The van der Waals surface area contributed by atoms with Gasteiger partial charge in [-0.2, -0.15) is 0 Å². The van der Waals surface area contributed by atoms with Gasteiger partial charge in [-0.1, -0.05) is 18.2 Å². The second-order valence-corrected chi connectivity index (χ2v) is 6.21. The van der Waals surface area contributed by atoms with Crippen LogP contribution in [0.2, 0.25) is 0 Å². The molecule has 4 unspecified atom stereocenters. The van der Waals surface area contributed by atoms with Gasteiger partial charge in [0.2, 0.25) is 0 Å². The lowest BCUT2D eigenvalue weighted by atomic mass is 10.0. The zero-order valence-electron chi connectivity index (χ0n) is 10.9. The fourth-order valence-corrected chi connectivity index (χ4v) is 4.67. The second kappa shape index (κ2) is 3.99. The number of methoxy groups -OCH3 is 1. The molecule has 18 heavy (non-hydrogen) atoms. The average molecular weight is 243 g/mol. The van der Waals surface area contributed by atoms with Gasteiger partial charge in [0.1, 0.15) is 5.75 Å². The van der Waals surface area contributed by atoms with E-state index in [4.69, 9.17) is 4.74 Å². The summed E-state index contributed by atoms with van der Waals surface area (Å²) in [5, 5.41) is 3.77. The first-order valence-corrected chi connectivity index (χ1v) is 7.24. The summed E-state index contributed by atoms with van der Waals surface area (Å²) >= 11 is 0. The monoisotopic (exact) mass is 243 g/mol. The summed E-state index contributed by atoms with van der Waals surface area (Å²) in [4.78, 5) is 0. The van der Waals surface area contributed by atoms with Crippen molar-refractivity contribution in [1.29, 1.82) is 0 Å². The molecule has 1 aromatic rings. The molecule has 0 heterocycles. The Kier molecular flexibility index (Phi) is 2.41. The van der Waals surface area contributed by atoms with E-state index in [1.165, 1.54) is 24.8 Å². The van der Waals surface area contributed by atoms with Crippen LogP contribution in [0.5, 0.6) is 5.75 Å². The van der Waals surface area contributed by atoms with Crippen molar-refractivity contribution >= 4 is 0 Å². The molecule has 2 bridgehead atoms. The van der Waals surface area contributed by atoms with Crippen molar-refractivity contribution in [3.05, 3.63) is 29.8 Å². The SMILES string of the molecule is COc1ccccc1CNC1C2C3CCC(C3)C12. The highest BCUT2D eigenvalue weighted by Gasteiger charge is 2.64. The highest BCUT2D eigenvalue weighted by Crippen LogP contribution is 2.65. The molecule has 3 fully saturated rings. The third kappa shape index (κ3) is 1.51.